The van der Waals surface area contributed by atoms with Gasteiger partial charge in [-0.15, -0.1) is 11.3 Å². The van der Waals surface area contributed by atoms with Gasteiger partial charge in [-0.05, 0) is 48.2 Å². The zero-order valence-corrected chi connectivity index (χ0v) is 16.2. The molecular formula is C21H18N2O4S. The molecule has 4 rings (SSSR count). The Morgan fingerprint density at radius 3 is 2.68 bits per heavy atom. The highest BCUT2D eigenvalue weighted by atomic mass is 32.1. The molecule has 0 fully saturated rings. The standard InChI is InChI=1S/C21H18N2O4S/c1-13-7-8-16(26-2)15(11-13)22-19-18(17-6-4-10-28-17)20(24)23(21(19)25)12-14-5-3-9-27-14/h3-11,22H,12H2,1-2H3. The monoisotopic (exact) mass is 394 g/mol. The van der Waals surface area contributed by atoms with Crippen molar-refractivity contribution in [2.75, 3.05) is 12.4 Å². The molecule has 0 unspecified atom stereocenters. The largest absolute Gasteiger partial charge is 0.495 e. The molecule has 0 atom stereocenters. The van der Waals surface area contributed by atoms with Crippen LogP contribution in [0.15, 0.2) is 64.2 Å². The Morgan fingerprint density at radius 2 is 2.00 bits per heavy atom. The van der Waals surface area contributed by atoms with Crippen LogP contribution < -0.4 is 10.1 Å². The van der Waals surface area contributed by atoms with Crippen molar-refractivity contribution in [3.63, 3.8) is 0 Å². The van der Waals surface area contributed by atoms with E-state index in [1.807, 2.05) is 42.6 Å². The third-order valence-corrected chi connectivity index (χ3v) is 5.33. The van der Waals surface area contributed by atoms with Crippen molar-refractivity contribution in [2.45, 2.75) is 13.5 Å². The first kappa shape index (κ1) is 18.1. The number of hydrogen-bond donors (Lipinski definition) is 1. The number of hydrogen-bond acceptors (Lipinski definition) is 6. The third-order valence-electron chi connectivity index (χ3n) is 4.44. The molecule has 28 heavy (non-hydrogen) atoms. The van der Waals surface area contributed by atoms with Gasteiger partial charge in [-0.2, -0.15) is 0 Å². The Labute approximate surface area is 166 Å². The van der Waals surface area contributed by atoms with Crippen molar-refractivity contribution in [3.05, 3.63) is 76.0 Å². The zero-order valence-electron chi connectivity index (χ0n) is 15.4. The molecule has 0 saturated carbocycles. The molecule has 3 aromatic rings. The molecule has 6 nitrogen and oxygen atoms in total. The molecule has 0 aliphatic carbocycles. The zero-order chi connectivity index (χ0) is 19.7. The number of anilines is 1. The van der Waals surface area contributed by atoms with Crippen LogP contribution >= 0.6 is 11.3 Å². The van der Waals surface area contributed by atoms with E-state index >= 15 is 0 Å². The molecule has 0 spiro atoms. The lowest BCUT2D eigenvalue weighted by Crippen LogP contribution is -2.31. The second kappa shape index (κ2) is 7.36. The molecule has 7 heteroatoms. The van der Waals surface area contributed by atoms with Gasteiger partial charge in [0.05, 0.1) is 31.2 Å². The number of rotatable bonds is 6. The van der Waals surface area contributed by atoms with Gasteiger partial charge in [0.1, 0.15) is 17.2 Å². The van der Waals surface area contributed by atoms with Gasteiger partial charge >= 0.3 is 0 Å². The van der Waals surface area contributed by atoms with E-state index in [4.69, 9.17) is 9.15 Å². The van der Waals surface area contributed by atoms with Crippen LogP contribution in [-0.2, 0) is 16.1 Å². The van der Waals surface area contributed by atoms with Crippen LogP contribution in [0.25, 0.3) is 5.57 Å². The molecule has 0 saturated heterocycles. The quantitative estimate of drug-likeness (QED) is 0.639. The van der Waals surface area contributed by atoms with Crippen molar-refractivity contribution in [1.29, 1.82) is 0 Å². The average molecular weight is 394 g/mol. The van der Waals surface area contributed by atoms with E-state index in [1.54, 1.807) is 19.2 Å². The Kier molecular flexibility index (Phi) is 4.75. The van der Waals surface area contributed by atoms with Gasteiger partial charge in [-0.3, -0.25) is 14.5 Å². The summed E-state index contributed by atoms with van der Waals surface area (Å²) in [6, 6.07) is 12.8. The van der Waals surface area contributed by atoms with Gasteiger partial charge in [-0.25, -0.2) is 0 Å². The van der Waals surface area contributed by atoms with Crippen LogP contribution in [0, 0.1) is 6.92 Å². The highest BCUT2D eigenvalue weighted by molar-refractivity contribution is 7.11. The number of imide groups is 1. The molecule has 1 aliphatic rings. The number of carbonyl (C=O) groups excluding carboxylic acids is 2. The summed E-state index contributed by atoms with van der Waals surface area (Å²) >= 11 is 1.41. The minimum absolute atomic E-state index is 0.0790. The van der Waals surface area contributed by atoms with Crippen LogP contribution in [0.3, 0.4) is 0 Å². The van der Waals surface area contributed by atoms with Gasteiger partial charge in [-0.1, -0.05) is 12.1 Å². The molecule has 1 aromatic carbocycles. The summed E-state index contributed by atoms with van der Waals surface area (Å²) in [6.07, 6.45) is 1.52. The molecule has 1 N–H and O–H groups in total. The molecular weight excluding hydrogens is 376 g/mol. The predicted octanol–water partition coefficient (Wildman–Crippen LogP) is 4.05. The fourth-order valence-corrected chi connectivity index (χ4v) is 3.87. The molecule has 0 radical (unpaired) electrons. The Hall–Kier alpha value is -3.32. The lowest BCUT2D eigenvalue weighted by molar-refractivity contribution is -0.137. The number of furan rings is 1. The highest BCUT2D eigenvalue weighted by Crippen LogP contribution is 2.35. The highest BCUT2D eigenvalue weighted by Gasteiger charge is 2.40. The van der Waals surface area contributed by atoms with Crippen LogP contribution in [0.4, 0.5) is 5.69 Å². The summed E-state index contributed by atoms with van der Waals surface area (Å²) in [5.41, 5.74) is 2.23. The molecule has 2 aromatic heterocycles. The van der Waals surface area contributed by atoms with Gasteiger partial charge in [0.15, 0.2) is 0 Å². The normalized spacial score (nSPS) is 14.1. The van der Waals surface area contributed by atoms with Crippen LogP contribution in [-0.4, -0.2) is 23.8 Å². The number of carbonyl (C=O) groups is 2. The third kappa shape index (κ3) is 3.20. The maximum absolute atomic E-state index is 13.1. The summed E-state index contributed by atoms with van der Waals surface area (Å²) in [5.74, 6) is 0.390. The van der Waals surface area contributed by atoms with Gasteiger partial charge in [0, 0.05) is 4.88 Å². The van der Waals surface area contributed by atoms with Gasteiger partial charge in [0.2, 0.25) is 0 Å². The van der Waals surface area contributed by atoms with E-state index in [-0.39, 0.29) is 18.1 Å². The Balaban J connectivity index is 1.76. The van der Waals surface area contributed by atoms with Crippen molar-refractivity contribution in [3.8, 4) is 5.75 Å². The molecule has 142 valence electrons. The molecule has 0 bridgehead atoms. The first-order valence-electron chi connectivity index (χ1n) is 8.67. The SMILES string of the molecule is COc1ccc(C)cc1NC1=C(c2cccs2)C(=O)N(Cc2ccco2)C1=O. The van der Waals surface area contributed by atoms with E-state index in [1.165, 1.54) is 22.5 Å². The van der Waals surface area contributed by atoms with E-state index in [0.717, 1.165) is 10.4 Å². The topological polar surface area (TPSA) is 71.8 Å². The number of ether oxygens (including phenoxy) is 1. The number of thiophene rings is 1. The lowest BCUT2D eigenvalue weighted by atomic mass is 10.1. The van der Waals surface area contributed by atoms with Crippen molar-refractivity contribution in [1.82, 2.24) is 4.90 Å². The Morgan fingerprint density at radius 1 is 1.14 bits per heavy atom. The van der Waals surface area contributed by atoms with Crippen molar-refractivity contribution < 1.29 is 18.7 Å². The van der Waals surface area contributed by atoms with E-state index in [2.05, 4.69) is 5.32 Å². The molecule has 3 heterocycles. The number of methoxy groups -OCH3 is 1. The van der Waals surface area contributed by atoms with Crippen LogP contribution in [0.1, 0.15) is 16.2 Å². The number of amides is 2. The number of benzene rings is 1. The minimum atomic E-state index is -0.395. The van der Waals surface area contributed by atoms with Crippen molar-refractivity contribution in [2.24, 2.45) is 0 Å². The lowest BCUT2D eigenvalue weighted by Gasteiger charge is -2.15. The smallest absolute Gasteiger partial charge is 0.278 e. The fraction of sp³-hybridized carbons (Fsp3) is 0.143. The second-order valence-corrected chi connectivity index (χ2v) is 7.28. The first-order valence-corrected chi connectivity index (χ1v) is 9.55. The number of aryl methyl sites for hydroxylation is 1. The van der Waals surface area contributed by atoms with Crippen LogP contribution in [0.5, 0.6) is 5.75 Å². The summed E-state index contributed by atoms with van der Waals surface area (Å²) < 4.78 is 10.7. The number of nitrogens with zero attached hydrogens (tertiary/aromatic N) is 1. The minimum Gasteiger partial charge on any atom is -0.495 e. The van der Waals surface area contributed by atoms with Gasteiger partial charge < -0.3 is 14.5 Å². The average Bonchev–Trinajstić information content (AvgIpc) is 3.42. The van der Waals surface area contributed by atoms with Crippen molar-refractivity contribution >= 4 is 34.4 Å². The second-order valence-electron chi connectivity index (χ2n) is 6.33. The van der Waals surface area contributed by atoms with E-state index in [9.17, 15) is 9.59 Å². The summed E-state index contributed by atoms with van der Waals surface area (Å²) in [5, 5.41) is 5.02. The van der Waals surface area contributed by atoms with E-state index < -0.39 is 5.91 Å². The van der Waals surface area contributed by atoms with E-state index in [0.29, 0.717) is 22.8 Å². The maximum atomic E-state index is 13.1. The predicted molar refractivity (Wildman–Crippen MR) is 107 cm³/mol. The van der Waals surface area contributed by atoms with Crippen LogP contribution in [0.2, 0.25) is 0 Å². The summed E-state index contributed by atoms with van der Waals surface area (Å²) in [4.78, 5) is 28.2. The fourth-order valence-electron chi connectivity index (χ4n) is 3.10. The van der Waals surface area contributed by atoms with Gasteiger partial charge in [0.25, 0.3) is 11.8 Å². The Bertz CT molecular complexity index is 1050. The summed E-state index contributed by atoms with van der Waals surface area (Å²) in [7, 11) is 1.56. The molecule has 2 amide bonds. The maximum Gasteiger partial charge on any atom is 0.278 e. The summed E-state index contributed by atoms with van der Waals surface area (Å²) in [6.45, 7) is 2.03. The first-order chi connectivity index (χ1) is 13.6. The number of nitrogens with one attached hydrogen (secondary N) is 1. The molecule has 1 aliphatic heterocycles.